The van der Waals surface area contributed by atoms with Gasteiger partial charge in [0.2, 0.25) is 10.0 Å². The van der Waals surface area contributed by atoms with Crippen LogP contribution < -0.4 is 10.5 Å². The number of unbranched alkanes of at least 4 members (excludes halogenated alkanes) is 1. The van der Waals surface area contributed by atoms with Crippen LogP contribution in [0.15, 0.2) is 17.5 Å². The Bertz CT molecular complexity index is 676. The average molecular weight is 346 g/mol. The summed E-state index contributed by atoms with van der Waals surface area (Å²) < 4.78 is 26.2. The van der Waals surface area contributed by atoms with E-state index >= 15 is 0 Å². The molecule has 0 aromatic carbocycles. The van der Waals surface area contributed by atoms with E-state index in [4.69, 9.17) is 5.73 Å². The van der Waals surface area contributed by atoms with Crippen molar-refractivity contribution in [3.63, 3.8) is 0 Å². The van der Waals surface area contributed by atoms with Gasteiger partial charge in [-0.1, -0.05) is 13.3 Å². The van der Waals surface area contributed by atoms with E-state index in [1.165, 1.54) is 16.2 Å². The van der Waals surface area contributed by atoms with E-state index in [1.54, 1.807) is 11.3 Å². The summed E-state index contributed by atoms with van der Waals surface area (Å²) in [5.41, 5.74) is 6.35. The summed E-state index contributed by atoms with van der Waals surface area (Å²) >= 11 is 2.95. The lowest BCUT2D eigenvalue weighted by Gasteiger charge is -2.03. The van der Waals surface area contributed by atoms with Crippen molar-refractivity contribution in [2.45, 2.75) is 26.2 Å². The topological polar surface area (TPSA) is 85.1 Å². The molecular weight excluding hydrogens is 326 g/mol. The number of hydrogen-bond donors (Lipinski definition) is 2. The summed E-state index contributed by atoms with van der Waals surface area (Å²) in [6.07, 6.45) is 2.36. The molecule has 0 atom stereocenters. The molecule has 0 aliphatic heterocycles. The highest BCUT2D eigenvalue weighted by molar-refractivity contribution is 7.92. The zero-order valence-electron chi connectivity index (χ0n) is 11.8. The summed E-state index contributed by atoms with van der Waals surface area (Å²) in [4.78, 5) is 6.60. The summed E-state index contributed by atoms with van der Waals surface area (Å²) in [5, 5.41) is 2.30. The highest BCUT2D eigenvalue weighted by Crippen LogP contribution is 2.31. The summed E-state index contributed by atoms with van der Waals surface area (Å²) in [5.74, 6) is 0.137. The fourth-order valence-electron chi connectivity index (χ4n) is 1.74. The number of rotatable bonds is 8. The first-order chi connectivity index (χ1) is 10.0. The lowest BCUT2D eigenvalue weighted by molar-refractivity contribution is 0.598. The van der Waals surface area contributed by atoms with Gasteiger partial charge in [-0.05, 0) is 31.5 Å². The maximum absolute atomic E-state index is 11.8. The minimum Gasteiger partial charge on any atom is -0.330 e. The summed E-state index contributed by atoms with van der Waals surface area (Å²) in [6.45, 7) is 2.59. The van der Waals surface area contributed by atoms with Gasteiger partial charge in [0.1, 0.15) is 0 Å². The second-order valence-corrected chi connectivity index (χ2v) is 8.49. The molecule has 2 heterocycles. The Morgan fingerprint density at radius 1 is 1.38 bits per heavy atom. The molecule has 2 aromatic heterocycles. The second kappa shape index (κ2) is 7.35. The van der Waals surface area contributed by atoms with Crippen LogP contribution in [0.3, 0.4) is 0 Å². The quantitative estimate of drug-likeness (QED) is 0.770. The zero-order valence-corrected chi connectivity index (χ0v) is 14.3. The highest BCUT2D eigenvalue weighted by atomic mass is 32.2. The van der Waals surface area contributed by atoms with E-state index in [2.05, 4.69) is 9.71 Å². The fraction of sp³-hybridized carbons (Fsp3) is 0.462. The van der Waals surface area contributed by atoms with Gasteiger partial charge >= 0.3 is 0 Å². The van der Waals surface area contributed by atoms with Gasteiger partial charge in [0.05, 0.1) is 16.3 Å². The zero-order chi connectivity index (χ0) is 15.3. The molecule has 3 N–H and O–H groups in total. The van der Waals surface area contributed by atoms with E-state index < -0.39 is 10.0 Å². The third-order valence-corrected chi connectivity index (χ3v) is 6.20. The van der Waals surface area contributed by atoms with Crippen LogP contribution >= 0.6 is 22.7 Å². The van der Waals surface area contributed by atoms with Crippen LogP contribution in [0.1, 0.15) is 24.6 Å². The Hall–Kier alpha value is -0.960. The van der Waals surface area contributed by atoms with Gasteiger partial charge in [-0.15, -0.1) is 22.7 Å². The molecule has 0 fully saturated rings. The van der Waals surface area contributed by atoms with Crippen molar-refractivity contribution in [2.24, 2.45) is 5.73 Å². The van der Waals surface area contributed by atoms with Crippen LogP contribution in [0.2, 0.25) is 0 Å². The number of thiazole rings is 1. The van der Waals surface area contributed by atoms with Crippen molar-refractivity contribution >= 4 is 37.8 Å². The molecule has 0 aliphatic carbocycles. The number of thiophene rings is 1. The fourth-order valence-corrected chi connectivity index (χ4v) is 5.01. The van der Waals surface area contributed by atoms with E-state index in [0.29, 0.717) is 18.1 Å². The number of anilines is 1. The molecule has 5 nitrogen and oxygen atoms in total. The average Bonchev–Trinajstić information content (AvgIpc) is 3.05. The molecule has 21 heavy (non-hydrogen) atoms. The molecule has 2 rings (SSSR count). The van der Waals surface area contributed by atoms with Crippen LogP contribution in [-0.4, -0.2) is 25.7 Å². The normalized spacial score (nSPS) is 11.7. The van der Waals surface area contributed by atoms with Crippen molar-refractivity contribution in [3.05, 3.63) is 22.4 Å². The van der Waals surface area contributed by atoms with Crippen molar-refractivity contribution in [2.75, 3.05) is 17.0 Å². The van der Waals surface area contributed by atoms with Crippen molar-refractivity contribution in [1.82, 2.24) is 4.98 Å². The van der Waals surface area contributed by atoms with Gasteiger partial charge < -0.3 is 5.73 Å². The van der Waals surface area contributed by atoms with Crippen LogP contribution in [0.5, 0.6) is 0 Å². The smallest absolute Gasteiger partial charge is 0.234 e. The van der Waals surface area contributed by atoms with Gasteiger partial charge in [-0.3, -0.25) is 4.72 Å². The summed E-state index contributed by atoms with van der Waals surface area (Å²) in [7, 11) is -3.28. The standard InChI is InChI=1S/C13H19N3O2S3/c1-2-3-8-21(17,18)16-13-15-11(9-19-13)12-5-4-10(20-12)6-7-14/h4-5,9H,2-3,6-8,14H2,1H3,(H,15,16). The number of nitrogens with one attached hydrogen (secondary N) is 1. The van der Waals surface area contributed by atoms with Crippen molar-refractivity contribution < 1.29 is 8.42 Å². The van der Waals surface area contributed by atoms with Crippen LogP contribution in [0, 0.1) is 0 Å². The Kier molecular flexibility index (Phi) is 5.74. The lowest BCUT2D eigenvalue weighted by atomic mass is 10.3. The minimum atomic E-state index is -3.28. The van der Waals surface area contributed by atoms with Gasteiger partial charge in [-0.2, -0.15) is 0 Å². The van der Waals surface area contributed by atoms with Gasteiger partial charge in [0.15, 0.2) is 5.13 Å². The molecule has 0 amide bonds. The van der Waals surface area contributed by atoms with E-state index in [9.17, 15) is 8.42 Å². The predicted octanol–water partition coefficient (Wildman–Crippen LogP) is 2.91. The number of nitrogens with two attached hydrogens (primary N) is 1. The number of sulfonamides is 1. The third-order valence-electron chi connectivity index (χ3n) is 2.82. The predicted molar refractivity (Wildman–Crippen MR) is 90.5 cm³/mol. The Balaban J connectivity index is 2.07. The first kappa shape index (κ1) is 16.4. The molecule has 8 heteroatoms. The molecule has 0 saturated carbocycles. The van der Waals surface area contributed by atoms with Gasteiger partial charge in [0.25, 0.3) is 0 Å². The third kappa shape index (κ3) is 4.77. The maximum atomic E-state index is 11.8. The molecule has 0 saturated heterocycles. The molecule has 0 unspecified atom stereocenters. The van der Waals surface area contributed by atoms with Crippen LogP contribution in [0.25, 0.3) is 10.6 Å². The van der Waals surface area contributed by atoms with Crippen LogP contribution in [0.4, 0.5) is 5.13 Å². The van der Waals surface area contributed by atoms with Crippen LogP contribution in [-0.2, 0) is 16.4 Å². The molecule has 0 spiro atoms. The Labute approximate surface area is 133 Å². The Morgan fingerprint density at radius 2 is 2.19 bits per heavy atom. The number of hydrogen-bond acceptors (Lipinski definition) is 6. The largest absolute Gasteiger partial charge is 0.330 e. The van der Waals surface area contributed by atoms with E-state index in [-0.39, 0.29) is 5.75 Å². The molecular formula is C13H19N3O2S3. The second-order valence-electron chi connectivity index (χ2n) is 4.62. The molecule has 2 aromatic rings. The van der Waals surface area contributed by atoms with Crippen molar-refractivity contribution in [3.8, 4) is 10.6 Å². The first-order valence-electron chi connectivity index (χ1n) is 6.79. The number of aromatic nitrogens is 1. The SMILES string of the molecule is CCCCS(=O)(=O)Nc1nc(-c2ccc(CCN)s2)cs1. The Morgan fingerprint density at radius 3 is 2.90 bits per heavy atom. The molecule has 0 radical (unpaired) electrons. The summed E-state index contributed by atoms with van der Waals surface area (Å²) in [6, 6.07) is 4.04. The van der Waals surface area contributed by atoms with E-state index in [1.807, 2.05) is 24.4 Å². The van der Waals surface area contributed by atoms with E-state index in [0.717, 1.165) is 23.4 Å². The van der Waals surface area contributed by atoms with Crippen molar-refractivity contribution in [1.29, 1.82) is 0 Å². The monoisotopic (exact) mass is 345 g/mol. The van der Waals surface area contributed by atoms with Gasteiger partial charge in [-0.25, -0.2) is 13.4 Å². The first-order valence-corrected chi connectivity index (χ1v) is 10.1. The molecule has 0 bridgehead atoms. The molecule has 116 valence electrons. The highest BCUT2D eigenvalue weighted by Gasteiger charge is 2.13. The number of nitrogens with zero attached hydrogens (tertiary/aromatic N) is 1. The lowest BCUT2D eigenvalue weighted by Crippen LogP contribution is -2.16. The van der Waals surface area contributed by atoms with Gasteiger partial charge in [0, 0.05) is 10.3 Å². The molecule has 0 aliphatic rings. The minimum absolute atomic E-state index is 0.137. The maximum Gasteiger partial charge on any atom is 0.234 e.